The van der Waals surface area contributed by atoms with Crippen LogP contribution < -0.4 is 15.0 Å². The molecule has 0 saturated carbocycles. The molecule has 2 amide bonds. The number of hydrogen-bond donors (Lipinski definition) is 1. The first-order chi connectivity index (χ1) is 12.9. The van der Waals surface area contributed by atoms with Crippen LogP contribution in [0.5, 0.6) is 5.75 Å². The molecular weight excluding hydrogens is 340 g/mol. The van der Waals surface area contributed by atoms with Crippen LogP contribution in [-0.2, 0) is 22.4 Å². The lowest BCUT2D eigenvalue weighted by molar-refractivity contribution is -0.127. The number of hydrogen-bond acceptors (Lipinski definition) is 3. The highest BCUT2D eigenvalue weighted by Gasteiger charge is 2.32. The SMILES string of the molecule is CCc1cccc(CC)c1NC(=O)CN1C(=O)C(C)Oc2ccc(C)cc21. The molecule has 1 aliphatic heterocycles. The van der Waals surface area contributed by atoms with E-state index in [0.717, 1.165) is 35.2 Å². The summed E-state index contributed by atoms with van der Waals surface area (Å²) in [6.45, 7) is 7.75. The molecule has 1 N–H and O–H groups in total. The average Bonchev–Trinajstić information content (AvgIpc) is 2.66. The molecule has 3 rings (SSSR count). The molecule has 1 heterocycles. The third-order valence-corrected chi connectivity index (χ3v) is 4.89. The number of nitrogens with zero attached hydrogens (tertiary/aromatic N) is 1. The van der Waals surface area contributed by atoms with Gasteiger partial charge in [-0.15, -0.1) is 0 Å². The number of fused-ring (bicyclic) bond motifs is 1. The fraction of sp³-hybridized carbons (Fsp3) is 0.364. The Morgan fingerprint density at radius 3 is 2.44 bits per heavy atom. The zero-order chi connectivity index (χ0) is 19.6. The zero-order valence-corrected chi connectivity index (χ0v) is 16.3. The number of carbonyl (C=O) groups is 2. The van der Waals surface area contributed by atoms with Crippen LogP contribution in [0.2, 0.25) is 0 Å². The molecule has 1 aliphatic rings. The molecule has 5 nitrogen and oxygen atoms in total. The van der Waals surface area contributed by atoms with Crippen molar-refractivity contribution in [3.05, 3.63) is 53.1 Å². The van der Waals surface area contributed by atoms with Gasteiger partial charge in [-0.2, -0.15) is 0 Å². The van der Waals surface area contributed by atoms with Gasteiger partial charge in [0.05, 0.1) is 5.69 Å². The Morgan fingerprint density at radius 1 is 1.15 bits per heavy atom. The number of aryl methyl sites for hydroxylation is 3. The van der Waals surface area contributed by atoms with Crippen LogP contribution in [0, 0.1) is 6.92 Å². The summed E-state index contributed by atoms with van der Waals surface area (Å²) in [6.07, 6.45) is 1.06. The maximum absolute atomic E-state index is 12.8. The van der Waals surface area contributed by atoms with Gasteiger partial charge in [0.1, 0.15) is 12.3 Å². The van der Waals surface area contributed by atoms with Gasteiger partial charge in [-0.3, -0.25) is 14.5 Å². The first-order valence-electron chi connectivity index (χ1n) is 9.43. The molecule has 0 spiro atoms. The van der Waals surface area contributed by atoms with Crippen molar-refractivity contribution in [1.29, 1.82) is 0 Å². The lowest BCUT2D eigenvalue weighted by Gasteiger charge is -2.33. The van der Waals surface area contributed by atoms with Gasteiger partial charge in [0.15, 0.2) is 6.10 Å². The van der Waals surface area contributed by atoms with Gasteiger partial charge in [-0.25, -0.2) is 0 Å². The summed E-state index contributed by atoms with van der Waals surface area (Å²) in [7, 11) is 0. The van der Waals surface area contributed by atoms with Crippen LogP contribution in [-0.4, -0.2) is 24.5 Å². The minimum absolute atomic E-state index is 0.0375. The summed E-state index contributed by atoms with van der Waals surface area (Å²) in [6, 6.07) is 11.7. The van der Waals surface area contributed by atoms with Crippen molar-refractivity contribution in [1.82, 2.24) is 0 Å². The van der Waals surface area contributed by atoms with Gasteiger partial charge in [-0.05, 0) is 55.5 Å². The Kier molecular flexibility index (Phi) is 5.49. The maximum Gasteiger partial charge on any atom is 0.268 e. The molecule has 5 heteroatoms. The van der Waals surface area contributed by atoms with E-state index in [1.165, 1.54) is 4.90 Å². The topological polar surface area (TPSA) is 58.6 Å². The largest absolute Gasteiger partial charge is 0.479 e. The molecule has 142 valence electrons. The second kappa shape index (κ2) is 7.82. The Hall–Kier alpha value is -2.82. The van der Waals surface area contributed by atoms with E-state index in [-0.39, 0.29) is 18.4 Å². The highest BCUT2D eigenvalue weighted by atomic mass is 16.5. The highest BCUT2D eigenvalue weighted by molar-refractivity contribution is 6.06. The summed E-state index contributed by atoms with van der Waals surface area (Å²) in [4.78, 5) is 27.0. The Balaban J connectivity index is 1.87. The molecule has 0 aliphatic carbocycles. The average molecular weight is 366 g/mol. The van der Waals surface area contributed by atoms with Crippen LogP contribution in [0.25, 0.3) is 0 Å². The third-order valence-electron chi connectivity index (χ3n) is 4.89. The van der Waals surface area contributed by atoms with Crippen LogP contribution in [0.3, 0.4) is 0 Å². The molecule has 0 saturated heterocycles. The summed E-state index contributed by atoms with van der Waals surface area (Å²) in [5, 5.41) is 3.04. The quantitative estimate of drug-likeness (QED) is 0.874. The van der Waals surface area contributed by atoms with Crippen molar-refractivity contribution in [3.63, 3.8) is 0 Å². The van der Waals surface area contributed by atoms with E-state index in [2.05, 4.69) is 19.2 Å². The molecular formula is C22H26N2O3. The van der Waals surface area contributed by atoms with E-state index < -0.39 is 6.10 Å². The molecule has 0 bridgehead atoms. The molecule has 0 aromatic heterocycles. The predicted molar refractivity (Wildman–Crippen MR) is 107 cm³/mol. The van der Waals surface area contributed by atoms with Crippen LogP contribution in [0.15, 0.2) is 36.4 Å². The number of carbonyl (C=O) groups excluding carboxylic acids is 2. The van der Waals surface area contributed by atoms with Crippen molar-refractivity contribution in [2.45, 2.75) is 46.6 Å². The molecule has 2 aromatic carbocycles. The fourth-order valence-corrected chi connectivity index (χ4v) is 3.41. The minimum Gasteiger partial charge on any atom is -0.479 e. The van der Waals surface area contributed by atoms with E-state index in [0.29, 0.717) is 11.4 Å². The first-order valence-corrected chi connectivity index (χ1v) is 9.43. The number of ether oxygens (including phenoxy) is 1. The lowest BCUT2D eigenvalue weighted by atomic mass is 10.0. The van der Waals surface area contributed by atoms with E-state index in [9.17, 15) is 9.59 Å². The lowest BCUT2D eigenvalue weighted by Crippen LogP contribution is -2.47. The van der Waals surface area contributed by atoms with E-state index in [4.69, 9.17) is 4.74 Å². The number of amides is 2. The van der Waals surface area contributed by atoms with E-state index in [1.54, 1.807) is 6.92 Å². The summed E-state index contributed by atoms with van der Waals surface area (Å²) >= 11 is 0. The second-order valence-electron chi connectivity index (χ2n) is 6.86. The minimum atomic E-state index is -0.609. The van der Waals surface area contributed by atoms with Crippen molar-refractivity contribution >= 4 is 23.2 Å². The highest BCUT2D eigenvalue weighted by Crippen LogP contribution is 2.34. The fourth-order valence-electron chi connectivity index (χ4n) is 3.41. The van der Waals surface area contributed by atoms with Gasteiger partial charge >= 0.3 is 0 Å². The van der Waals surface area contributed by atoms with E-state index >= 15 is 0 Å². The van der Waals surface area contributed by atoms with Gasteiger partial charge < -0.3 is 10.1 Å². The second-order valence-corrected chi connectivity index (χ2v) is 6.86. The first kappa shape index (κ1) is 19.0. The monoisotopic (exact) mass is 366 g/mol. The zero-order valence-electron chi connectivity index (χ0n) is 16.3. The van der Waals surface area contributed by atoms with Crippen molar-refractivity contribution in [2.24, 2.45) is 0 Å². The van der Waals surface area contributed by atoms with Crippen molar-refractivity contribution in [3.8, 4) is 5.75 Å². The maximum atomic E-state index is 12.8. The molecule has 27 heavy (non-hydrogen) atoms. The third kappa shape index (κ3) is 3.82. The normalized spacial score (nSPS) is 15.9. The molecule has 0 fully saturated rings. The van der Waals surface area contributed by atoms with Crippen molar-refractivity contribution in [2.75, 3.05) is 16.8 Å². The van der Waals surface area contributed by atoms with Gasteiger partial charge in [-0.1, -0.05) is 38.1 Å². The number of anilines is 2. The summed E-state index contributed by atoms with van der Waals surface area (Å²) in [5.74, 6) is 0.215. The molecule has 1 atom stereocenters. The smallest absolute Gasteiger partial charge is 0.268 e. The Morgan fingerprint density at radius 2 is 1.81 bits per heavy atom. The van der Waals surface area contributed by atoms with Crippen molar-refractivity contribution < 1.29 is 14.3 Å². The van der Waals surface area contributed by atoms with Crippen LogP contribution in [0.4, 0.5) is 11.4 Å². The van der Waals surface area contributed by atoms with Gasteiger partial charge in [0.25, 0.3) is 5.91 Å². The predicted octanol–water partition coefficient (Wildman–Crippen LogP) is 3.87. The van der Waals surface area contributed by atoms with Gasteiger partial charge in [0, 0.05) is 5.69 Å². The number of benzene rings is 2. The van der Waals surface area contributed by atoms with Gasteiger partial charge in [0.2, 0.25) is 5.91 Å². The molecule has 1 unspecified atom stereocenters. The van der Waals surface area contributed by atoms with Crippen LogP contribution >= 0.6 is 0 Å². The summed E-state index contributed by atoms with van der Waals surface area (Å²) < 4.78 is 5.68. The molecule has 2 aromatic rings. The Labute approximate surface area is 160 Å². The van der Waals surface area contributed by atoms with E-state index in [1.807, 2.05) is 43.3 Å². The molecule has 0 radical (unpaired) electrons. The summed E-state index contributed by atoms with van der Waals surface area (Å²) in [5.41, 5.74) is 4.72. The van der Waals surface area contributed by atoms with Crippen LogP contribution in [0.1, 0.15) is 37.5 Å². The Bertz CT molecular complexity index is 854. The standard InChI is InChI=1S/C22H26N2O3/c1-5-16-8-7-9-17(6-2)21(16)23-20(25)13-24-18-12-14(3)10-11-19(18)27-15(4)22(24)26/h7-12,15H,5-6,13H2,1-4H3,(H,23,25). The number of nitrogens with one attached hydrogen (secondary N) is 1. The number of rotatable bonds is 5. The number of para-hydroxylation sites is 1.